The molecule has 0 unspecified atom stereocenters. The van der Waals surface area contributed by atoms with Crippen molar-refractivity contribution in [3.05, 3.63) is 83.0 Å². The second-order valence-corrected chi connectivity index (χ2v) is 14.3. The Bertz CT molecular complexity index is 1860. The van der Waals surface area contributed by atoms with Gasteiger partial charge >= 0.3 is 0 Å². The first-order valence-corrected chi connectivity index (χ1v) is 16.8. The molecule has 0 fully saturated rings. The number of hydrogen-bond acceptors (Lipinski definition) is 8. The van der Waals surface area contributed by atoms with Crippen LogP contribution in [0.3, 0.4) is 0 Å². The van der Waals surface area contributed by atoms with Gasteiger partial charge in [0.25, 0.3) is 5.91 Å². The number of halogens is 1. The lowest BCUT2D eigenvalue weighted by Gasteiger charge is -2.23. The minimum absolute atomic E-state index is 0.0615. The third-order valence-electron chi connectivity index (χ3n) is 7.09. The van der Waals surface area contributed by atoms with Crippen LogP contribution in [0.1, 0.15) is 43.2 Å². The first-order chi connectivity index (χ1) is 22.2. The van der Waals surface area contributed by atoms with Crippen LogP contribution in [-0.2, 0) is 14.8 Å². The molecule has 13 heteroatoms. The SMILES string of the molecule is COc1ccc(S(=O)(=O)N(CCNc2cc(C)nc3ccc(Cl)cc23)CCC(=O)Nc2ccc(C(=O)NC(C)(C)C)cc2OC)cc1. The Balaban J connectivity index is 1.51. The van der Waals surface area contributed by atoms with Crippen molar-refractivity contribution >= 4 is 55.7 Å². The van der Waals surface area contributed by atoms with E-state index in [1.54, 1.807) is 42.5 Å². The van der Waals surface area contributed by atoms with Crippen LogP contribution in [-0.4, -0.2) is 68.9 Å². The normalized spacial score (nSPS) is 11.7. The smallest absolute Gasteiger partial charge is 0.251 e. The third-order valence-corrected chi connectivity index (χ3v) is 9.24. The number of rotatable bonds is 13. The number of nitrogens with one attached hydrogen (secondary N) is 3. The molecule has 0 aliphatic heterocycles. The van der Waals surface area contributed by atoms with E-state index in [0.29, 0.717) is 27.8 Å². The molecule has 3 N–H and O–H groups in total. The average molecular weight is 682 g/mol. The standard InChI is InChI=1S/C34H40ClN5O6S/c1-22-19-30(27-21-24(35)8-14-28(27)37-22)36-16-18-40(47(43,44)26-11-9-25(45-5)10-12-26)17-15-32(41)38-29-13-7-23(20-31(29)46-6)33(42)39-34(2,3)4/h7-14,19-21H,15-18H2,1-6H3,(H,36,37)(H,38,41)(H,39,42). The molecule has 0 aliphatic rings. The van der Waals surface area contributed by atoms with Crippen molar-refractivity contribution in [3.8, 4) is 11.5 Å². The zero-order chi connectivity index (χ0) is 34.4. The fraction of sp³-hybridized carbons (Fsp3) is 0.324. The van der Waals surface area contributed by atoms with Gasteiger partial charge in [0.1, 0.15) is 11.5 Å². The molecule has 3 aromatic carbocycles. The molecule has 11 nitrogen and oxygen atoms in total. The molecule has 1 heterocycles. The summed E-state index contributed by atoms with van der Waals surface area (Å²) in [5, 5.41) is 10.4. The molecule has 4 rings (SSSR count). The van der Waals surface area contributed by atoms with E-state index in [4.69, 9.17) is 21.1 Å². The van der Waals surface area contributed by atoms with Crippen molar-refractivity contribution in [1.82, 2.24) is 14.6 Å². The molecule has 0 atom stereocenters. The number of methoxy groups -OCH3 is 2. The van der Waals surface area contributed by atoms with E-state index in [2.05, 4.69) is 20.9 Å². The second kappa shape index (κ2) is 15.0. The third kappa shape index (κ3) is 9.34. The molecule has 4 aromatic rings. The summed E-state index contributed by atoms with van der Waals surface area (Å²) in [4.78, 5) is 30.4. The molecule has 0 spiro atoms. The number of sulfonamides is 1. The number of anilines is 2. The highest BCUT2D eigenvalue weighted by atomic mass is 35.5. The Morgan fingerprint density at radius 2 is 1.64 bits per heavy atom. The summed E-state index contributed by atoms with van der Waals surface area (Å²) >= 11 is 6.24. The predicted octanol–water partition coefficient (Wildman–Crippen LogP) is 5.87. The second-order valence-electron chi connectivity index (χ2n) is 11.9. The first-order valence-electron chi connectivity index (χ1n) is 15.0. The molecule has 1 aromatic heterocycles. The molecule has 0 bridgehead atoms. The molecule has 47 heavy (non-hydrogen) atoms. The lowest BCUT2D eigenvalue weighted by atomic mass is 10.1. The van der Waals surface area contributed by atoms with Crippen LogP contribution in [0.15, 0.2) is 71.6 Å². The van der Waals surface area contributed by atoms with E-state index >= 15 is 0 Å². The molecule has 0 saturated heterocycles. The minimum atomic E-state index is -3.99. The summed E-state index contributed by atoms with van der Waals surface area (Å²) in [7, 11) is -1.05. The zero-order valence-electron chi connectivity index (χ0n) is 27.3. The van der Waals surface area contributed by atoms with Gasteiger partial charge in [-0.15, -0.1) is 0 Å². The van der Waals surface area contributed by atoms with Crippen LogP contribution >= 0.6 is 11.6 Å². The molecular weight excluding hydrogens is 642 g/mol. The highest BCUT2D eigenvalue weighted by molar-refractivity contribution is 7.89. The maximum absolute atomic E-state index is 13.8. The van der Waals surface area contributed by atoms with Gasteiger partial charge in [-0.25, -0.2) is 8.42 Å². The Morgan fingerprint density at radius 1 is 0.915 bits per heavy atom. The summed E-state index contributed by atoms with van der Waals surface area (Å²) in [6.07, 6.45) is -0.141. The first kappa shape index (κ1) is 35.5. The van der Waals surface area contributed by atoms with Gasteiger partial charge in [0.2, 0.25) is 15.9 Å². The fourth-order valence-corrected chi connectivity index (χ4v) is 6.44. The average Bonchev–Trinajstić information content (AvgIpc) is 3.02. The summed E-state index contributed by atoms with van der Waals surface area (Å²) in [6, 6.07) is 18.1. The summed E-state index contributed by atoms with van der Waals surface area (Å²) in [6.45, 7) is 7.72. The number of carbonyl (C=O) groups is 2. The van der Waals surface area contributed by atoms with Crippen molar-refractivity contribution < 1.29 is 27.5 Å². The number of aryl methyl sites for hydroxylation is 1. The van der Waals surface area contributed by atoms with Crippen molar-refractivity contribution in [2.24, 2.45) is 0 Å². The molecule has 0 aliphatic carbocycles. The highest BCUT2D eigenvalue weighted by Gasteiger charge is 2.25. The zero-order valence-corrected chi connectivity index (χ0v) is 28.9. The van der Waals surface area contributed by atoms with Gasteiger partial charge < -0.3 is 25.4 Å². The van der Waals surface area contributed by atoms with Crippen LogP contribution < -0.4 is 25.4 Å². The predicted molar refractivity (Wildman–Crippen MR) is 185 cm³/mol. The van der Waals surface area contributed by atoms with Crippen molar-refractivity contribution in [3.63, 3.8) is 0 Å². The van der Waals surface area contributed by atoms with Crippen molar-refractivity contribution in [2.45, 2.75) is 44.6 Å². The summed E-state index contributed by atoms with van der Waals surface area (Å²) in [5.74, 6) is 0.112. The number of ether oxygens (including phenoxy) is 2. The molecule has 0 radical (unpaired) electrons. The van der Waals surface area contributed by atoms with Gasteiger partial charge in [0.15, 0.2) is 0 Å². The molecular formula is C34H40ClN5O6S. The minimum Gasteiger partial charge on any atom is -0.497 e. The Labute approximate surface area is 280 Å². The van der Waals surface area contributed by atoms with E-state index in [1.165, 1.54) is 30.7 Å². The van der Waals surface area contributed by atoms with Gasteiger partial charge in [-0.1, -0.05) is 11.6 Å². The van der Waals surface area contributed by atoms with Crippen LogP contribution in [0, 0.1) is 6.92 Å². The maximum Gasteiger partial charge on any atom is 0.251 e. The van der Waals surface area contributed by atoms with Gasteiger partial charge in [-0.2, -0.15) is 4.31 Å². The fourth-order valence-electron chi connectivity index (χ4n) is 4.83. The number of hydrogen-bond donors (Lipinski definition) is 3. The van der Waals surface area contributed by atoms with E-state index in [1.807, 2.05) is 39.8 Å². The number of benzene rings is 3. The van der Waals surface area contributed by atoms with Crippen molar-refractivity contribution in [1.29, 1.82) is 0 Å². The topological polar surface area (TPSA) is 139 Å². The summed E-state index contributed by atoms with van der Waals surface area (Å²) in [5.41, 5.74) is 2.62. The molecule has 0 saturated carbocycles. The molecule has 250 valence electrons. The van der Waals surface area contributed by atoms with Crippen LogP contribution in [0.5, 0.6) is 11.5 Å². The van der Waals surface area contributed by atoms with Gasteiger partial charge in [0.05, 0.1) is 30.3 Å². The van der Waals surface area contributed by atoms with Gasteiger partial charge in [0, 0.05) is 58.9 Å². The largest absolute Gasteiger partial charge is 0.497 e. The van der Waals surface area contributed by atoms with E-state index < -0.39 is 21.5 Å². The lowest BCUT2D eigenvalue weighted by molar-refractivity contribution is -0.116. The van der Waals surface area contributed by atoms with E-state index in [-0.39, 0.29) is 36.9 Å². The Kier molecular flexibility index (Phi) is 11.3. The van der Waals surface area contributed by atoms with E-state index in [9.17, 15) is 18.0 Å². The summed E-state index contributed by atoms with van der Waals surface area (Å²) < 4.78 is 39.5. The molecule has 2 amide bonds. The number of pyridine rings is 1. The number of carbonyl (C=O) groups excluding carboxylic acids is 2. The number of amides is 2. The van der Waals surface area contributed by atoms with Gasteiger partial charge in [-0.3, -0.25) is 14.6 Å². The number of aromatic nitrogens is 1. The van der Waals surface area contributed by atoms with E-state index in [0.717, 1.165) is 22.3 Å². The number of nitrogens with zero attached hydrogens (tertiary/aromatic N) is 2. The van der Waals surface area contributed by atoms with Crippen molar-refractivity contribution in [2.75, 3.05) is 44.5 Å². The van der Waals surface area contributed by atoms with Crippen LogP contribution in [0.25, 0.3) is 10.9 Å². The Hall–Kier alpha value is -4.39. The quantitative estimate of drug-likeness (QED) is 0.159. The monoisotopic (exact) mass is 681 g/mol. The maximum atomic E-state index is 13.8. The van der Waals surface area contributed by atoms with Crippen LogP contribution in [0.4, 0.5) is 11.4 Å². The highest BCUT2D eigenvalue weighted by Crippen LogP contribution is 2.28. The van der Waals surface area contributed by atoms with Gasteiger partial charge in [-0.05, 0) is 94.4 Å². The van der Waals surface area contributed by atoms with Crippen LogP contribution in [0.2, 0.25) is 5.02 Å². The number of fused-ring (bicyclic) bond motifs is 1. The Morgan fingerprint density at radius 3 is 2.30 bits per heavy atom. The lowest BCUT2D eigenvalue weighted by Crippen LogP contribution is -2.40.